The largest absolute Gasteiger partial charge is 0.444 e. The fourth-order valence-electron chi connectivity index (χ4n) is 2.29. The fraction of sp³-hybridized carbons (Fsp3) is 0.474. The third-order valence-corrected chi connectivity index (χ3v) is 4.29. The minimum absolute atomic E-state index is 0.163. The Labute approximate surface area is 148 Å². The molecular formula is C19H27N3O3. The van der Waals surface area contributed by atoms with E-state index < -0.39 is 6.10 Å². The first-order valence-electron chi connectivity index (χ1n) is 8.70. The maximum atomic E-state index is 11.7. The summed E-state index contributed by atoms with van der Waals surface area (Å²) in [6.07, 6.45) is 2.54. The molecule has 0 aliphatic rings. The van der Waals surface area contributed by atoms with Crippen molar-refractivity contribution in [1.82, 2.24) is 15.6 Å². The summed E-state index contributed by atoms with van der Waals surface area (Å²) in [5, 5.41) is 15.3. The lowest BCUT2D eigenvalue weighted by atomic mass is 10.0. The van der Waals surface area contributed by atoms with Crippen LogP contribution < -0.4 is 10.6 Å². The number of hydrogen-bond donors (Lipinski definition) is 3. The van der Waals surface area contributed by atoms with Gasteiger partial charge in [0, 0.05) is 25.1 Å². The molecule has 0 fully saturated rings. The van der Waals surface area contributed by atoms with Gasteiger partial charge in [-0.3, -0.25) is 0 Å². The van der Waals surface area contributed by atoms with Crippen LogP contribution in [0.4, 0.5) is 4.79 Å². The number of carbonyl (C=O) groups is 1. The zero-order valence-electron chi connectivity index (χ0n) is 15.1. The van der Waals surface area contributed by atoms with Gasteiger partial charge in [0.05, 0.1) is 11.8 Å². The predicted molar refractivity (Wildman–Crippen MR) is 97.2 cm³/mol. The van der Waals surface area contributed by atoms with Crippen molar-refractivity contribution in [1.29, 1.82) is 0 Å². The van der Waals surface area contributed by atoms with Gasteiger partial charge in [-0.1, -0.05) is 38.0 Å². The van der Waals surface area contributed by atoms with E-state index in [0.29, 0.717) is 18.9 Å². The summed E-state index contributed by atoms with van der Waals surface area (Å²) < 4.78 is 5.49. The third kappa shape index (κ3) is 5.90. The van der Waals surface area contributed by atoms with E-state index >= 15 is 0 Å². The zero-order valence-corrected chi connectivity index (χ0v) is 15.1. The molecule has 0 saturated heterocycles. The van der Waals surface area contributed by atoms with Gasteiger partial charge in [0.15, 0.2) is 0 Å². The molecule has 0 saturated carbocycles. The van der Waals surface area contributed by atoms with Crippen molar-refractivity contribution >= 4 is 6.03 Å². The van der Waals surface area contributed by atoms with Crippen molar-refractivity contribution in [2.45, 2.75) is 39.7 Å². The predicted octanol–water partition coefficient (Wildman–Crippen LogP) is 2.90. The average molecular weight is 345 g/mol. The van der Waals surface area contributed by atoms with Gasteiger partial charge in [0.25, 0.3) is 0 Å². The van der Waals surface area contributed by atoms with Gasteiger partial charge in [0.1, 0.15) is 6.26 Å². The Morgan fingerprint density at radius 2 is 2.00 bits per heavy atom. The molecule has 2 amide bonds. The van der Waals surface area contributed by atoms with Crippen LogP contribution in [0.1, 0.15) is 31.5 Å². The van der Waals surface area contributed by atoms with Crippen molar-refractivity contribution < 1.29 is 14.3 Å². The highest BCUT2D eigenvalue weighted by atomic mass is 16.3. The van der Waals surface area contributed by atoms with Crippen LogP contribution in [0.3, 0.4) is 0 Å². The number of carbonyl (C=O) groups excluding carboxylic acids is 1. The summed E-state index contributed by atoms with van der Waals surface area (Å²) >= 11 is 0. The lowest BCUT2D eigenvalue weighted by Gasteiger charge is -2.17. The Hall–Kier alpha value is -2.34. The Morgan fingerprint density at radius 3 is 2.68 bits per heavy atom. The Bertz CT molecular complexity index is 667. The van der Waals surface area contributed by atoms with Gasteiger partial charge >= 0.3 is 6.03 Å². The number of oxazole rings is 1. The lowest BCUT2D eigenvalue weighted by Crippen LogP contribution is -2.42. The molecule has 2 aromatic rings. The van der Waals surface area contributed by atoms with Crippen LogP contribution in [0.2, 0.25) is 0 Å². The van der Waals surface area contributed by atoms with Crippen molar-refractivity contribution in [2.24, 2.45) is 5.92 Å². The van der Waals surface area contributed by atoms with Crippen LogP contribution in [0.5, 0.6) is 0 Å². The van der Waals surface area contributed by atoms with E-state index in [-0.39, 0.29) is 18.5 Å². The van der Waals surface area contributed by atoms with Crippen molar-refractivity contribution in [3.63, 3.8) is 0 Å². The number of benzene rings is 1. The van der Waals surface area contributed by atoms with E-state index in [4.69, 9.17) is 4.42 Å². The smallest absolute Gasteiger partial charge is 0.314 e. The Morgan fingerprint density at radius 1 is 1.28 bits per heavy atom. The van der Waals surface area contributed by atoms with Crippen LogP contribution in [-0.4, -0.2) is 35.3 Å². The highest BCUT2D eigenvalue weighted by Crippen LogP contribution is 2.19. The summed E-state index contributed by atoms with van der Waals surface area (Å²) in [5.74, 6) is 0.742. The number of urea groups is 1. The van der Waals surface area contributed by atoms with E-state index in [1.807, 2.05) is 45.0 Å². The van der Waals surface area contributed by atoms with Gasteiger partial charge in [-0.15, -0.1) is 0 Å². The van der Waals surface area contributed by atoms with Crippen LogP contribution >= 0.6 is 0 Å². The molecule has 6 heteroatoms. The second-order valence-electron chi connectivity index (χ2n) is 6.35. The molecule has 0 spiro atoms. The molecular weight excluding hydrogens is 318 g/mol. The van der Waals surface area contributed by atoms with E-state index in [0.717, 1.165) is 17.7 Å². The van der Waals surface area contributed by atoms with Crippen molar-refractivity contribution in [3.05, 3.63) is 41.8 Å². The molecule has 1 aromatic heterocycles. The molecule has 25 heavy (non-hydrogen) atoms. The van der Waals surface area contributed by atoms with Gasteiger partial charge in [0.2, 0.25) is 5.89 Å². The van der Waals surface area contributed by atoms with Crippen LogP contribution in [-0.2, 0) is 6.42 Å². The third-order valence-electron chi connectivity index (χ3n) is 4.29. The molecule has 0 aliphatic heterocycles. The SMILES string of the molecule is CCC(C)C(O)CNC(=O)NCCc1coc(-c2ccc(C)cc2)n1. The molecule has 136 valence electrons. The van der Waals surface area contributed by atoms with Crippen LogP contribution in [0.25, 0.3) is 11.5 Å². The number of rotatable bonds is 8. The van der Waals surface area contributed by atoms with Crippen LogP contribution in [0.15, 0.2) is 34.9 Å². The molecule has 0 bridgehead atoms. The monoisotopic (exact) mass is 345 g/mol. The molecule has 3 N–H and O–H groups in total. The maximum Gasteiger partial charge on any atom is 0.314 e. The number of aliphatic hydroxyl groups excluding tert-OH is 1. The summed E-state index contributed by atoms with van der Waals surface area (Å²) in [5.41, 5.74) is 2.90. The number of amides is 2. The minimum atomic E-state index is -0.525. The van der Waals surface area contributed by atoms with E-state index in [2.05, 4.69) is 15.6 Å². The topological polar surface area (TPSA) is 87.4 Å². The molecule has 6 nitrogen and oxygen atoms in total. The van der Waals surface area contributed by atoms with E-state index in [1.54, 1.807) is 6.26 Å². The molecule has 2 unspecified atom stereocenters. The Kier molecular flexibility index (Phi) is 7.01. The van der Waals surface area contributed by atoms with Crippen molar-refractivity contribution in [2.75, 3.05) is 13.1 Å². The quantitative estimate of drug-likeness (QED) is 0.686. The maximum absolute atomic E-state index is 11.7. The summed E-state index contributed by atoms with van der Waals surface area (Å²) in [6.45, 7) is 6.70. The van der Waals surface area contributed by atoms with E-state index in [1.165, 1.54) is 5.56 Å². The molecule has 1 aromatic carbocycles. The standard InChI is InChI=1S/C19H27N3O3/c1-4-14(3)17(23)11-21-19(24)20-10-9-16-12-25-18(22-16)15-7-5-13(2)6-8-15/h5-8,12,14,17,23H,4,9-11H2,1-3H3,(H2,20,21,24). The number of aliphatic hydroxyl groups is 1. The second-order valence-corrected chi connectivity index (χ2v) is 6.35. The molecule has 0 radical (unpaired) electrons. The number of aromatic nitrogens is 1. The normalized spacial score (nSPS) is 13.3. The first-order valence-corrected chi connectivity index (χ1v) is 8.70. The average Bonchev–Trinajstić information content (AvgIpc) is 3.08. The number of nitrogens with zero attached hydrogens (tertiary/aromatic N) is 1. The summed E-state index contributed by atoms with van der Waals surface area (Å²) in [6, 6.07) is 7.68. The van der Waals surface area contributed by atoms with Gasteiger partial charge in [-0.25, -0.2) is 9.78 Å². The molecule has 2 atom stereocenters. The number of aryl methyl sites for hydroxylation is 1. The van der Waals surface area contributed by atoms with Crippen LogP contribution in [0, 0.1) is 12.8 Å². The molecule has 1 heterocycles. The first kappa shape index (κ1) is 19.0. The van der Waals surface area contributed by atoms with Gasteiger partial charge in [-0.05, 0) is 25.0 Å². The highest BCUT2D eigenvalue weighted by Gasteiger charge is 2.13. The first-order chi connectivity index (χ1) is 12.0. The molecule has 0 aliphatic carbocycles. The highest BCUT2D eigenvalue weighted by molar-refractivity contribution is 5.73. The van der Waals surface area contributed by atoms with Crippen molar-refractivity contribution in [3.8, 4) is 11.5 Å². The number of nitrogens with one attached hydrogen (secondary N) is 2. The van der Waals surface area contributed by atoms with Gasteiger partial charge < -0.3 is 20.2 Å². The van der Waals surface area contributed by atoms with Gasteiger partial charge in [-0.2, -0.15) is 0 Å². The Balaban J connectivity index is 1.73. The van der Waals surface area contributed by atoms with E-state index in [9.17, 15) is 9.90 Å². The lowest BCUT2D eigenvalue weighted by molar-refractivity contribution is 0.114. The summed E-state index contributed by atoms with van der Waals surface area (Å²) in [4.78, 5) is 16.2. The fourth-order valence-corrected chi connectivity index (χ4v) is 2.29. The minimum Gasteiger partial charge on any atom is -0.444 e. The summed E-state index contributed by atoms with van der Waals surface area (Å²) in [7, 11) is 0. The zero-order chi connectivity index (χ0) is 18.2. The number of hydrogen-bond acceptors (Lipinski definition) is 4. The molecule has 2 rings (SSSR count). The second kappa shape index (κ2) is 9.22.